The van der Waals surface area contributed by atoms with Crippen molar-refractivity contribution in [1.29, 1.82) is 0 Å². The van der Waals surface area contributed by atoms with Crippen molar-refractivity contribution < 1.29 is 9.47 Å². The molecule has 1 atom stereocenters. The van der Waals surface area contributed by atoms with Crippen molar-refractivity contribution in [3.8, 4) is 0 Å². The van der Waals surface area contributed by atoms with E-state index < -0.39 is 4.33 Å². The van der Waals surface area contributed by atoms with Gasteiger partial charge in [-0.1, -0.05) is 19.3 Å². The third-order valence-corrected chi connectivity index (χ3v) is 4.94. The molecule has 0 aromatic carbocycles. The lowest BCUT2D eigenvalue weighted by atomic mass is 9.67. The molecule has 1 aliphatic rings. The van der Waals surface area contributed by atoms with E-state index in [4.69, 9.17) is 32.7 Å². The Kier molecular flexibility index (Phi) is 8.18. The minimum atomic E-state index is -0.667. The largest absolute Gasteiger partial charge is 0.384 e. The van der Waals surface area contributed by atoms with Crippen LogP contribution in [0.5, 0.6) is 0 Å². The standard InChI is InChI=1S/C16H30Cl2O2/c1-4-20-13-16(12-19-3,11-10-15(2,17)18)14-8-6-5-7-9-14/h14H,4-13H2,1-3H3. The van der Waals surface area contributed by atoms with Crippen molar-refractivity contribution in [1.82, 2.24) is 0 Å². The van der Waals surface area contributed by atoms with Crippen molar-refractivity contribution >= 4 is 23.2 Å². The zero-order valence-electron chi connectivity index (χ0n) is 13.2. The number of methoxy groups -OCH3 is 1. The molecule has 2 nitrogen and oxygen atoms in total. The maximum atomic E-state index is 6.20. The summed E-state index contributed by atoms with van der Waals surface area (Å²) in [5.74, 6) is 0.665. The fourth-order valence-corrected chi connectivity index (χ4v) is 3.59. The van der Waals surface area contributed by atoms with E-state index in [9.17, 15) is 0 Å². The Bertz CT molecular complexity index is 260. The predicted molar refractivity (Wildman–Crippen MR) is 86.7 cm³/mol. The Morgan fingerprint density at radius 3 is 2.20 bits per heavy atom. The van der Waals surface area contributed by atoms with Gasteiger partial charge in [0.2, 0.25) is 0 Å². The molecule has 0 saturated heterocycles. The van der Waals surface area contributed by atoms with Crippen LogP contribution in [0.4, 0.5) is 0 Å². The van der Waals surface area contributed by atoms with Crippen LogP contribution >= 0.6 is 23.2 Å². The van der Waals surface area contributed by atoms with E-state index in [1.807, 2.05) is 13.8 Å². The molecule has 1 unspecified atom stereocenters. The van der Waals surface area contributed by atoms with E-state index in [2.05, 4.69) is 0 Å². The summed E-state index contributed by atoms with van der Waals surface area (Å²) in [6, 6.07) is 0. The molecule has 1 saturated carbocycles. The number of hydrogen-bond donors (Lipinski definition) is 0. The summed E-state index contributed by atoms with van der Waals surface area (Å²) in [5.41, 5.74) is 0.0657. The summed E-state index contributed by atoms with van der Waals surface area (Å²) in [4.78, 5) is 0. The lowest BCUT2D eigenvalue weighted by Gasteiger charge is -2.43. The number of hydrogen-bond acceptors (Lipinski definition) is 2. The third-order valence-electron chi connectivity index (χ3n) is 4.56. The van der Waals surface area contributed by atoms with Crippen molar-refractivity contribution in [2.24, 2.45) is 11.3 Å². The average Bonchev–Trinajstić information content (AvgIpc) is 2.42. The van der Waals surface area contributed by atoms with Gasteiger partial charge >= 0.3 is 0 Å². The molecule has 0 bridgehead atoms. The third kappa shape index (κ3) is 6.09. The average molecular weight is 325 g/mol. The van der Waals surface area contributed by atoms with E-state index in [0.29, 0.717) is 5.92 Å². The van der Waals surface area contributed by atoms with E-state index in [1.54, 1.807) is 7.11 Å². The Hall–Kier alpha value is 0.500. The SMILES string of the molecule is CCOCC(CCC(C)(Cl)Cl)(COC)C1CCCCC1. The molecular weight excluding hydrogens is 295 g/mol. The normalized spacial score (nSPS) is 20.9. The molecule has 120 valence electrons. The van der Waals surface area contributed by atoms with Crippen LogP contribution in [0.1, 0.15) is 58.8 Å². The van der Waals surface area contributed by atoms with E-state index >= 15 is 0 Å². The first-order valence-electron chi connectivity index (χ1n) is 7.88. The topological polar surface area (TPSA) is 18.5 Å². The van der Waals surface area contributed by atoms with Gasteiger partial charge in [-0.3, -0.25) is 0 Å². The molecule has 1 rings (SSSR count). The molecule has 0 heterocycles. The Labute approximate surface area is 134 Å². The molecule has 0 aromatic rings. The van der Waals surface area contributed by atoms with E-state index in [-0.39, 0.29) is 5.41 Å². The quantitative estimate of drug-likeness (QED) is 0.542. The monoisotopic (exact) mass is 324 g/mol. The fourth-order valence-electron chi connectivity index (χ4n) is 3.40. The lowest BCUT2D eigenvalue weighted by molar-refractivity contribution is -0.0576. The number of halogens is 2. The van der Waals surface area contributed by atoms with Gasteiger partial charge in [0.1, 0.15) is 4.33 Å². The van der Waals surface area contributed by atoms with Crippen LogP contribution in [0, 0.1) is 11.3 Å². The molecular formula is C16H30Cl2O2. The lowest BCUT2D eigenvalue weighted by Crippen LogP contribution is -2.41. The van der Waals surface area contributed by atoms with Gasteiger partial charge < -0.3 is 9.47 Å². The Morgan fingerprint density at radius 2 is 1.70 bits per heavy atom. The van der Waals surface area contributed by atoms with Crippen molar-refractivity contribution in [2.45, 2.75) is 63.1 Å². The summed E-state index contributed by atoms with van der Waals surface area (Å²) in [6.07, 6.45) is 8.30. The zero-order chi connectivity index (χ0) is 15.1. The van der Waals surface area contributed by atoms with Crippen LogP contribution in [-0.2, 0) is 9.47 Å². The molecule has 4 heteroatoms. The van der Waals surface area contributed by atoms with E-state index in [0.717, 1.165) is 32.7 Å². The van der Waals surface area contributed by atoms with Crippen LogP contribution in [0.2, 0.25) is 0 Å². The Balaban J connectivity index is 2.80. The summed E-state index contributed by atoms with van der Waals surface area (Å²) in [5, 5.41) is 0. The van der Waals surface area contributed by atoms with Gasteiger partial charge in [0, 0.05) is 19.1 Å². The van der Waals surface area contributed by atoms with E-state index in [1.165, 1.54) is 32.1 Å². The van der Waals surface area contributed by atoms with Crippen LogP contribution < -0.4 is 0 Å². The fraction of sp³-hybridized carbons (Fsp3) is 1.00. The predicted octanol–water partition coefficient (Wildman–Crippen LogP) is 5.21. The molecule has 20 heavy (non-hydrogen) atoms. The second kappa shape index (κ2) is 8.82. The van der Waals surface area contributed by atoms with Gasteiger partial charge in [-0.2, -0.15) is 0 Å². The second-order valence-electron chi connectivity index (χ2n) is 6.34. The van der Waals surface area contributed by atoms with Crippen LogP contribution in [0.3, 0.4) is 0 Å². The Morgan fingerprint density at radius 1 is 1.05 bits per heavy atom. The van der Waals surface area contributed by atoms with Gasteiger partial charge in [0.05, 0.1) is 13.2 Å². The first kappa shape index (κ1) is 18.5. The molecule has 0 N–H and O–H groups in total. The highest BCUT2D eigenvalue weighted by atomic mass is 35.5. The van der Waals surface area contributed by atoms with Crippen molar-refractivity contribution in [3.63, 3.8) is 0 Å². The molecule has 0 aliphatic heterocycles. The van der Waals surface area contributed by atoms with Crippen LogP contribution in [0.25, 0.3) is 0 Å². The van der Waals surface area contributed by atoms with Gasteiger partial charge in [0.25, 0.3) is 0 Å². The van der Waals surface area contributed by atoms with Gasteiger partial charge in [-0.05, 0) is 45.4 Å². The maximum absolute atomic E-state index is 6.20. The summed E-state index contributed by atoms with van der Waals surface area (Å²) in [7, 11) is 1.78. The molecule has 0 amide bonds. The molecule has 1 aliphatic carbocycles. The molecule has 0 spiro atoms. The number of alkyl halides is 2. The van der Waals surface area contributed by atoms with Gasteiger partial charge in [0.15, 0.2) is 0 Å². The van der Waals surface area contributed by atoms with Crippen molar-refractivity contribution in [2.75, 3.05) is 26.9 Å². The first-order chi connectivity index (χ1) is 9.43. The molecule has 0 aromatic heterocycles. The highest BCUT2D eigenvalue weighted by Gasteiger charge is 2.40. The summed E-state index contributed by atoms with van der Waals surface area (Å²) >= 11 is 12.4. The highest BCUT2D eigenvalue weighted by Crippen LogP contribution is 2.44. The number of rotatable bonds is 9. The highest BCUT2D eigenvalue weighted by molar-refractivity contribution is 6.48. The zero-order valence-corrected chi connectivity index (χ0v) is 14.7. The van der Waals surface area contributed by atoms with Gasteiger partial charge in [-0.15, -0.1) is 23.2 Å². The molecule has 1 fully saturated rings. The minimum absolute atomic E-state index is 0.0657. The minimum Gasteiger partial charge on any atom is -0.384 e. The van der Waals surface area contributed by atoms with Crippen LogP contribution in [0.15, 0.2) is 0 Å². The van der Waals surface area contributed by atoms with Crippen LogP contribution in [-0.4, -0.2) is 31.3 Å². The molecule has 0 radical (unpaired) electrons. The number of ether oxygens (including phenoxy) is 2. The second-order valence-corrected chi connectivity index (χ2v) is 8.20. The van der Waals surface area contributed by atoms with Crippen molar-refractivity contribution in [3.05, 3.63) is 0 Å². The maximum Gasteiger partial charge on any atom is 0.115 e. The summed E-state index contributed by atoms with van der Waals surface area (Å²) < 4.78 is 10.7. The smallest absolute Gasteiger partial charge is 0.115 e. The first-order valence-corrected chi connectivity index (χ1v) is 8.63. The summed E-state index contributed by atoms with van der Waals surface area (Å²) in [6.45, 7) is 6.16. The van der Waals surface area contributed by atoms with Gasteiger partial charge in [-0.25, -0.2) is 0 Å².